The molecular weight excluding hydrogens is 419 g/mol. The van der Waals surface area contributed by atoms with Gasteiger partial charge in [0, 0.05) is 31.4 Å². The van der Waals surface area contributed by atoms with Gasteiger partial charge in [-0.15, -0.1) is 0 Å². The second-order valence-electron chi connectivity index (χ2n) is 8.01. The van der Waals surface area contributed by atoms with Crippen molar-refractivity contribution in [2.45, 2.75) is 32.9 Å². The Morgan fingerprint density at radius 3 is 2.45 bits per heavy atom. The molecule has 0 amide bonds. The van der Waals surface area contributed by atoms with Crippen LogP contribution in [-0.2, 0) is 0 Å². The molecule has 2 aromatic carbocycles. The number of nitriles is 1. The molecular formula is C26H29FN4O2. The summed E-state index contributed by atoms with van der Waals surface area (Å²) in [4.78, 5) is 6.64. The summed E-state index contributed by atoms with van der Waals surface area (Å²) in [6.07, 6.45) is -0.204. The molecule has 3 aromatic rings. The van der Waals surface area contributed by atoms with E-state index in [0.717, 1.165) is 11.5 Å². The van der Waals surface area contributed by atoms with Crippen LogP contribution in [0.25, 0.3) is 0 Å². The number of hydrogen-bond donors (Lipinski definition) is 1. The molecule has 7 heteroatoms. The first kappa shape index (κ1) is 23.9. The van der Waals surface area contributed by atoms with Gasteiger partial charge in [0.1, 0.15) is 11.6 Å². The van der Waals surface area contributed by atoms with Gasteiger partial charge in [0.2, 0.25) is 0 Å². The van der Waals surface area contributed by atoms with Gasteiger partial charge >= 0.3 is 0 Å². The summed E-state index contributed by atoms with van der Waals surface area (Å²) in [6.45, 7) is 6.01. The topological polar surface area (TPSA) is 70.4 Å². The molecule has 0 radical (unpaired) electrons. The molecule has 0 aliphatic heterocycles. The van der Waals surface area contributed by atoms with Crippen molar-refractivity contribution in [1.82, 2.24) is 4.98 Å². The number of halogens is 1. The minimum absolute atomic E-state index is 0.126. The largest absolute Gasteiger partial charge is 0.494 e. The highest BCUT2D eigenvalue weighted by atomic mass is 19.1. The second kappa shape index (κ2) is 10.7. The van der Waals surface area contributed by atoms with Gasteiger partial charge in [-0.05, 0) is 63.2 Å². The number of pyridine rings is 1. The van der Waals surface area contributed by atoms with Crippen LogP contribution >= 0.6 is 0 Å². The van der Waals surface area contributed by atoms with E-state index in [1.54, 1.807) is 36.4 Å². The van der Waals surface area contributed by atoms with Crippen molar-refractivity contribution < 1.29 is 13.9 Å². The van der Waals surface area contributed by atoms with Crippen LogP contribution in [0.15, 0.2) is 54.6 Å². The van der Waals surface area contributed by atoms with Gasteiger partial charge in [0.25, 0.3) is 0 Å². The molecule has 33 heavy (non-hydrogen) atoms. The summed E-state index contributed by atoms with van der Waals surface area (Å²) in [6, 6.07) is 17.4. The molecule has 1 atom stereocenters. The highest BCUT2D eigenvalue weighted by molar-refractivity contribution is 5.54. The lowest BCUT2D eigenvalue weighted by Crippen LogP contribution is -2.19. The summed E-state index contributed by atoms with van der Waals surface area (Å²) >= 11 is 0. The zero-order valence-corrected chi connectivity index (χ0v) is 19.6. The van der Waals surface area contributed by atoms with Gasteiger partial charge in [-0.25, -0.2) is 9.37 Å². The molecule has 3 rings (SSSR count). The van der Waals surface area contributed by atoms with Gasteiger partial charge in [0.05, 0.1) is 36.1 Å². The monoisotopic (exact) mass is 448 g/mol. The number of hydrogen-bond acceptors (Lipinski definition) is 6. The van der Waals surface area contributed by atoms with Crippen LogP contribution in [0.2, 0.25) is 0 Å². The average molecular weight is 449 g/mol. The predicted octanol–water partition coefficient (Wildman–Crippen LogP) is 5.55. The first-order valence-electron chi connectivity index (χ1n) is 10.9. The molecule has 1 N–H and O–H groups in total. The Kier molecular flexibility index (Phi) is 7.73. The lowest BCUT2D eigenvalue weighted by atomic mass is 10.0. The minimum Gasteiger partial charge on any atom is -0.494 e. The lowest BCUT2D eigenvalue weighted by molar-refractivity contribution is 0.228. The summed E-state index contributed by atoms with van der Waals surface area (Å²) in [5, 5.41) is 12.5. The molecule has 0 saturated heterocycles. The highest BCUT2D eigenvalue weighted by Crippen LogP contribution is 2.36. The van der Waals surface area contributed by atoms with Crippen LogP contribution < -0.4 is 19.7 Å². The zero-order valence-electron chi connectivity index (χ0n) is 19.6. The van der Waals surface area contributed by atoms with Gasteiger partial charge in [-0.3, -0.25) is 0 Å². The maximum absolute atomic E-state index is 15.8. The molecule has 0 spiro atoms. The number of anilines is 2. The standard InChI is InChI=1S/C26H29FN4O2/c1-6-32-20-14-21(25(27)23(15-20)33-17(2)3)26(22-8-7-9-24(30-22)31(4)5)29-19-12-10-18(16-28)11-13-19/h7-15,17,26,29H,6H2,1-5H3. The van der Waals surface area contributed by atoms with E-state index in [0.29, 0.717) is 29.2 Å². The van der Waals surface area contributed by atoms with E-state index < -0.39 is 11.9 Å². The van der Waals surface area contributed by atoms with Crippen LogP contribution in [-0.4, -0.2) is 31.8 Å². The Labute approximate surface area is 194 Å². The van der Waals surface area contributed by atoms with Crippen molar-refractivity contribution >= 4 is 11.5 Å². The fraction of sp³-hybridized carbons (Fsp3) is 0.308. The Balaban J connectivity index is 2.16. The maximum Gasteiger partial charge on any atom is 0.171 e. The van der Waals surface area contributed by atoms with Crippen molar-refractivity contribution in [2.75, 3.05) is 30.9 Å². The number of ether oxygens (including phenoxy) is 2. The fourth-order valence-electron chi connectivity index (χ4n) is 3.36. The molecule has 0 fully saturated rings. The van der Waals surface area contributed by atoms with Crippen molar-refractivity contribution in [1.29, 1.82) is 5.26 Å². The minimum atomic E-state index is -0.632. The van der Waals surface area contributed by atoms with Gasteiger partial charge < -0.3 is 19.7 Å². The van der Waals surface area contributed by atoms with Crippen LogP contribution in [0.3, 0.4) is 0 Å². The second-order valence-corrected chi connectivity index (χ2v) is 8.01. The first-order chi connectivity index (χ1) is 15.8. The van der Waals surface area contributed by atoms with E-state index in [1.807, 2.05) is 58.0 Å². The molecule has 1 heterocycles. The van der Waals surface area contributed by atoms with Gasteiger partial charge in [-0.1, -0.05) is 6.07 Å². The van der Waals surface area contributed by atoms with Gasteiger partial charge in [-0.2, -0.15) is 5.26 Å². The van der Waals surface area contributed by atoms with Crippen molar-refractivity contribution in [3.8, 4) is 17.6 Å². The fourth-order valence-corrected chi connectivity index (χ4v) is 3.36. The third-order valence-electron chi connectivity index (χ3n) is 4.86. The van der Waals surface area contributed by atoms with Crippen molar-refractivity contribution in [3.05, 3.63) is 77.2 Å². The summed E-state index contributed by atoms with van der Waals surface area (Å²) in [5.41, 5.74) is 2.25. The van der Waals surface area contributed by atoms with Crippen molar-refractivity contribution in [2.24, 2.45) is 0 Å². The lowest BCUT2D eigenvalue weighted by Gasteiger charge is -2.24. The molecule has 172 valence electrons. The molecule has 1 aromatic heterocycles. The highest BCUT2D eigenvalue weighted by Gasteiger charge is 2.25. The predicted molar refractivity (Wildman–Crippen MR) is 129 cm³/mol. The van der Waals surface area contributed by atoms with Crippen LogP contribution in [0, 0.1) is 17.1 Å². The van der Waals surface area contributed by atoms with Gasteiger partial charge in [0.15, 0.2) is 11.6 Å². The zero-order chi connectivity index (χ0) is 24.0. The van der Waals surface area contributed by atoms with Crippen LogP contribution in [0.5, 0.6) is 11.5 Å². The number of aromatic nitrogens is 1. The Hall–Kier alpha value is -3.79. The Morgan fingerprint density at radius 2 is 1.85 bits per heavy atom. The number of nitrogens with zero attached hydrogens (tertiary/aromatic N) is 3. The van der Waals surface area contributed by atoms with Crippen molar-refractivity contribution in [3.63, 3.8) is 0 Å². The van der Waals surface area contributed by atoms with E-state index in [-0.39, 0.29) is 11.9 Å². The molecule has 0 aliphatic rings. The molecule has 0 saturated carbocycles. The van der Waals surface area contributed by atoms with E-state index in [9.17, 15) is 0 Å². The van der Waals surface area contributed by atoms with E-state index in [2.05, 4.69) is 11.4 Å². The van der Waals surface area contributed by atoms with E-state index in [4.69, 9.17) is 19.7 Å². The third kappa shape index (κ3) is 5.92. The normalized spacial score (nSPS) is 11.6. The average Bonchev–Trinajstić information content (AvgIpc) is 2.80. The number of nitrogens with one attached hydrogen (secondary N) is 1. The van der Waals surface area contributed by atoms with E-state index in [1.165, 1.54) is 0 Å². The number of benzene rings is 2. The third-order valence-corrected chi connectivity index (χ3v) is 4.86. The Bertz CT molecular complexity index is 1120. The smallest absolute Gasteiger partial charge is 0.171 e. The molecule has 0 aliphatic carbocycles. The first-order valence-corrected chi connectivity index (χ1v) is 10.9. The summed E-state index contributed by atoms with van der Waals surface area (Å²) in [7, 11) is 3.81. The quantitative estimate of drug-likeness (QED) is 0.463. The molecule has 0 bridgehead atoms. The molecule has 1 unspecified atom stereocenters. The molecule has 6 nitrogen and oxygen atoms in total. The number of rotatable bonds is 9. The summed E-state index contributed by atoms with van der Waals surface area (Å²) in [5.74, 6) is 0.913. The SMILES string of the molecule is CCOc1cc(OC(C)C)c(F)c(C(Nc2ccc(C#N)cc2)c2cccc(N(C)C)n2)c1. The maximum atomic E-state index is 15.8. The summed E-state index contributed by atoms with van der Waals surface area (Å²) < 4.78 is 27.2. The van der Waals surface area contributed by atoms with Crippen LogP contribution in [0.4, 0.5) is 15.9 Å². The van der Waals surface area contributed by atoms with Crippen LogP contribution in [0.1, 0.15) is 43.6 Å². The van der Waals surface area contributed by atoms with E-state index >= 15 is 4.39 Å². The Morgan fingerprint density at radius 1 is 1.12 bits per heavy atom.